The lowest BCUT2D eigenvalue weighted by atomic mass is 10.2. The zero-order valence-corrected chi connectivity index (χ0v) is 10.8. The summed E-state index contributed by atoms with van der Waals surface area (Å²) < 4.78 is 5.36. The van der Waals surface area contributed by atoms with Gasteiger partial charge in [-0.15, -0.1) is 11.3 Å². The highest BCUT2D eigenvalue weighted by atomic mass is 32.1. The van der Waals surface area contributed by atoms with E-state index >= 15 is 0 Å². The lowest BCUT2D eigenvalue weighted by Gasteiger charge is -2.14. The molecule has 1 aliphatic rings. The smallest absolute Gasteiger partial charge is 0.104 e. The molecule has 1 saturated heterocycles. The summed E-state index contributed by atoms with van der Waals surface area (Å²) in [5.41, 5.74) is 1.05. The third-order valence-corrected chi connectivity index (χ3v) is 3.88. The van der Waals surface area contributed by atoms with Crippen LogP contribution >= 0.6 is 11.3 Å². The highest BCUT2D eigenvalue weighted by Crippen LogP contribution is 2.21. The fourth-order valence-corrected chi connectivity index (χ4v) is 2.92. The van der Waals surface area contributed by atoms with Crippen LogP contribution in [-0.4, -0.2) is 42.9 Å². The Morgan fingerprint density at radius 1 is 1.65 bits per heavy atom. The lowest BCUT2D eigenvalue weighted by molar-refractivity contribution is 0.107. The van der Waals surface area contributed by atoms with E-state index in [2.05, 4.69) is 22.1 Å². The van der Waals surface area contributed by atoms with Crippen LogP contribution in [0.1, 0.15) is 16.9 Å². The van der Waals surface area contributed by atoms with Gasteiger partial charge in [0.2, 0.25) is 0 Å². The van der Waals surface area contributed by atoms with Gasteiger partial charge in [-0.2, -0.15) is 0 Å². The molecular formula is C13H17NO2S. The predicted octanol–water partition coefficient (Wildman–Crippen LogP) is 1.31. The Kier molecular flexibility index (Phi) is 4.57. The van der Waals surface area contributed by atoms with Crippen molar-refractivity contribution in [2.24, 2.45) is 0 Å². The van der Waals surface area contributed by atoms with Crippen LogP contribution in [0.25, 0.3) is 0 Å². The quantitative estimate of drug-likeness (QED) is 0.822. The van der Waals surface area contributed by atoms with E-state index in [0.29, 0.717) is 6.10 Å². The molecule has 1 aromatic rings. The number of rotatable bonds is 3. The maximum Gasteiger partial charge on any atom is 0.104 e. The normalized spacial score (nSPS) is 20.2. The first-order valence-corrected chi connectivity index (χ1v) is 6.62. The highest BCUT2D eigenvalue weighted by molar-refractivity contribution is 7.10. The topological polar surface area (TPSA) is 32.7 Å². The number of thiophene rings is 1. The summed E-state index contributed by atoms with van der Waals surface area (Å²) in [6, 6.07) is 2.02. The Morgan fingerprint density at radius 3 is 3.24 bits per heavy atom. The molecule has 0 bridgehead atoms. The number of hydrogen-bond acceptors (Lipinski definition) is 4. The van der Waals surface area contributed by atoms with Crippen molar-refractivity contribution in [3.05, 3.63) is 21.9 Å². The van der Waals surface area contributed by atoms with Gasteiger partial charge in [-0.3, -0.25) is 4.90 Å². The minimum absolute atomic E-state index is 0.0786. The van der Waals surface area contributed by atoms with E-state index in [1.54, 1.807) is 18.4 Å². The van der Waals surface area contributed by atoms with Crippen LogP contribution in [0.4, 0.5) is 0 Å². The number of methoxy groups -OCH3 is 1. The first kappa shape index (κ1) is 12.6. The molecule has 2 heterocycles. The molecule has 0 amide bonds. The summed E-state index contributed by atoms with van der Waals surface area (Å²) in [4.78, 5) is 3.67. The van der Waals surface area contributed by atoms with E-state index in [1.807, 2.05) is 6.07 Å². The Morgan fingerprint density at radius 2 is 2.53 bits per heavy atom. The first-order valence-electron chi connectivity index (χ1n) is 5.74. The Labute approximate surface area is 106 Å². The molecule has 92 valence electrons. The van der Waals surface area contributed by atoms with Crippen molar-refractivity contribution in [3.63, 3.8) is 0 Å². The lowest BCUT2D eigenvalue weighted by Crippen LogP contribution is -2.22. The van der Waals surface area contributed by atoms with Gasteiger partial charge in [0.25, 0.3) is 0 Å². The molecule has 0 aromatic carbocycles. The summed E-state index contributed by atoms with van der Waals surface area (Å²) in [6.45, 7) is 2.95. The molecule has 2 rings (SSSR count). The molecule has 1 aromatic heterocycles. The van der Waals surface area contributed by atoms with Gasteiger partial charge in [0.05, 0.1) is 6.10 Å². The molecule has 4 heteroatoms. The molecule has 1 unspecified atom stereocenters. The summed E-state index contributed by atoms with van der Waals surface area (Å²) in [5.74, 6) is 5.70. The summed E-state index contributed by atoms with van der Waals surface area (Å²) in [7, 11) is 1.78. The molecule has 0 saturated carbocycles. The van der Waals surface area contributed by atoms with Gasteiger partial charge in [0.1, 0.15) is 6.61 Å². The van der Waals surface area contributed by atoms with Gasteiger partial charge in [-0.25, -0.2) is 0 Å². The van der Waals surface area contributed by atoms with E-state index in [0.717, 1.165) is 31.6 Å². The van der Waals surface area contributed by atoms with Crippen molar-refractivity contribution in [2.75, 3.05) is 26.8 Å². The number of ether oxygens (including phenoxy) is 1. The molecule has 1 fully saturated rings. The molecule has 1 aliphatic heterocycles. The second-order valence-corrected chi connectivity index (χ2v) is 5.10. The van der Waals surface area contributed by atoms with Crippen LogP contribution in [0.5, 0.6) is 0 Å². The predicted molar refractivity (Wildman–Crippen MR) is 69.0 cm³/mol. The van der Waals surface area contributed by atoms with Gasteiger partial charge >= 0.3 is 0 Å². The van der Waals surface area contributed by atoms with Gasteiger partial charge in [-0.05, 0) is 17.9 Å². The average Bonchev–Trinajstić information content (AvgIpc) is 2.96. The Hall–Kier alpha value is -0.860. The standard InChI is InChI=1S/C13H17NO2S/c1-16-12-4-6-14(9-12)10-13-11(3-2-7-15)5-8-17-13/h5,8,12,15H,4,6-7,9-10H2,1H3. The summed E-state index contributed by atoms with van der Waals surface area (Å²) in [6.07, 6.45) is 1.49. The molecule has 1 N–H and O–H groups in total. The van der Waals surface area contributed by atoms with Crippen molar-refractivity contribution < 1.29 is 9.84 Å². The molecule has 0 spiro atoms. The monoisotopic (exact) mass is 251 g/mol. The summed E-state index contributed by atoms with van der Waals surface area (Å²) >= 11 is 1.73. The summed E-state index contributed by atoms with van der Waals surface area (Å²) in [5, 5.41) is 10.8. The number of aliphatic hydroxyl groups is 1. The fourth-order valence-electron chi connectivity index (χ4n) is 2.05. The van der Waals surface area contributed by atoms with Gasteiger partial charge in [-0.1, -0.05) is 11.8 Å². The maximum atomic E-state index is 8.71. The van der Waals surface area contributed by atoms with E-state index in [9.17, 15) is 0 Å². The van der Waals surface area contributed by atoms with Crippen LogP contribution in [0, 0.1) is 11.8 Å². The minimum Gasteiger partial charge on any atom is -0.384 e. The van der Waals surface area contributed by atoms with Crippen molar-refractivity contribution in [2.45, 2.75) is 19.1 Å². The van der Waals surface area contributed by atoms with E-state index in [4.69, 9.17) is 9.84 Å². The largest absolute Gasteiger partial charge is 0.384 e. The molecule has 0 radical (unpaired) electrons. The van der Waals surface area contributed by atoms with Crippen molar-refractivity contribution >= 4 is 11.3 Å². The number of hydrogen-bond donors (Lipinski definition) is 1. The van der Waals surface area contributed by atoms with Gasteiger partial charge in [0, 0.05) is 37.2 Å². The number of nitrogens with zero attached hydrogens (tertiary/aromatic N) is 1. The van der Waals surface area contributed by atoms with Gasteiger partial charge < -0.3 is 9.84 Å². The zero-order valence-electron chi connectivity index (χ0n) is 9.98. The van der Waals surface area contributed by atoms with Crippen molar-refractivity contribution in [3.8, 4) is 11.8 Å². The number of aliphatic hydroxyl groups excluding tert-OH is 1. The fraction of sp³-hybridized carbons (Fsp3) is 0.538. The molecule has 3 nitrogen and oxygen atoms in total. The Balaban J connectivity index is 1.97. The minimum atomic E-state index is -0.0786. The third-order valence-electron chi connectivity index (χ3n) is 2.98. The first-order chi connectivity index (χ1) is 8.33. The van der Waals surface area contributed by atoms with E-state index < -0.39 is 0 Å². The van der Waals surface area contributed by atoms with E-state index in [1.165, 1.54) is 4.88 Å². The third kappa shape index (κ3) is 3.30. The number of likely N-dealkylation sites (tertiary alicyclic amines) is 1. The van der Waals surface area contributed by atoms with E-state index in [-0.39, 0.29) is 6.61 Å². The van der Waals surface area contributed by atoms with Crippen molar-refractivity contribution in [1.29, 1.82) is 0 Å². The molecule has 0 aliphatic carbocycles. The SMILES string of the molecule is COC1CCN(Cc2sccc2C#CCO)C1. The molecular weight excluding hydrogens is 234 g/mol. The van der Waals surface area contributed by atoms with Crippen LogP contribution in [0.2, 0.25) is 0 Å². The zero-order chi connectivity index (χ0) is 12.1. The van der Waals surface area contributed by atoms with Gasteiger partial charge in [0.15, 0.2) is 0 Å². The van der Waals surface area contributed by atoms with Crippen LogP contribution in [-0.2, 0) is 11.3 Å². The average molecular weight is 251 g/mol. The van der Waals surface area contributed by atoms with Crippen molar-refractivity contribution in [1.82, 2.24) is 4.90 Å². The molecule has 1 atom stereocenters. The molecule has 17 heavy (non-hydrogen) atoms. The van der Waals surface area contributed by atoms with Crippen LogP contribution in [0.3, 0.4) is 0 Å². The van der Waals surface area contributed by atoms with Crippen LogP contribution in [0.15, 0.2) is 11.4 Å². The Bertz CT molecular complexity index is 419. The second-order valence-electron chi connectivity index (χ2n) is 4.10. The second kappa shape index (κ2) is 6.18. The highest BCUT2D eigenvalue weighted by Gasteiger charge is 2.22. The maximum absolute atomic E-state index is 8.71. The van der Waals surface area contributed by atoms with Crippen LogP contribution < -0.4 is 0 Å².